The van der Waals surface area contributed by atoms with Crippen LogP contribution in [0.25, 0.3) is 0 Å². The van der Waals surface area contributed by atoms with Gasteiger partial charge in [-0.1, -0.05) is 70.2 Å². The summed E-state index contributed by atoms with van der Waals surface area (Å²) in [6.07, 6.45) is 2.24. The number of hydrogen-bond acceptors (Lipinski definition) is 6. The second kappa shape index (κ2) is 13.3. The number of ketones is 2. The highest BCUT2D eigenvalue weighted by molar-refractivity contribution is 9.10. The van der Waals surface area contributed by atoms with E-state index in [-0.39, 0.29) is 34.9 Å². The van der Waals surface area contributed by atoms with E-state index in [0.29, 0.717) is 46.5 Å². The number of aryl methyl sites for hydroxylation is 2. The lowest BCUT2D eigenvalue weighted by Crippen LogP contribution is -2.44. The number of carbonyl (C=O) groups is 3. The molecule has 1 aliphatic heterocycles. The molecule has 0 saturated carbocycles. The zero-order chi connectivity index (χ0) is 35.2. The summed E-state index contributed by atoms with van der Waals surface area (Å²) in [5.41, 5.74) is 7.57. The second-order valence-electron chi connectivity index (χ2n) is 15.3. The van der Waals surface area contributed by atoms with Crippen LogP contribution in [0, 0.1) is 24.7 Å². The Hall–Kier alpha value is -4.17. The predicted molar refractivity (Wildman–Crippen MR) is 196 cm³/mol. The van der Waals surface area contributed by atoms with Gasteiger partial charge in [0.15, 0.2) is 29.7 Å². The molecular weight excluding hydrogens is 680 g/mol. The summed E-state index contributed by atoms with van der Waals surface area (Å²) in [7, 11) is 1.55. The third kappa shape index (κ3) is 7.11. The van der Waals surface area contributed by atoms with Crippen molar-refractivity contribution in [2.75, 3.05) is 19.0 Å². The Morgan fingerprint density at radius 1 is 0.878 bits per heavy atom. The standard InChI is InChI=1S/C41H45BrN2O5/c1-24-13-14-25(2)29(15-24)43-35(47)23-49-39-28(42)16-27(17-34(39)48-7)36-37-30(18-40(3,4)20-32(37)45)44(22-26-11-9-8-10-12-26)31-19-41(5,6)21-33(46)38(31)36/h8-17,36H,18-23H2,1-7H3,(H,43,47). The van der Waals surface area contributed by atoms with Crippen molar-refractivity contribution in [1.82, 2.24) is 4.90 Å². The first-order valence-corrected chi connectivity index (χ1v) is 17.7. The average molecular weight is 726 g/mol. The normalized spacial score (nSPS) is 18.7. The highest BCUT2D eigenvalue weighted by Crippen LogP contribution is 2.55. The summed E-state index contributed by atoms with van der Waals surface area (Å²) in [5, 5.41) is 2.94. The van der Waals surface area contributed by atoms with Gasteiger partial charge in [0.25, 0.3) is 5.91 Å². The highest BCUT2D eigenvalue weighted by atomic mass is 79.9. The van der Waals surface area contributed by atoms with Gasteiger partial charge in [0.05, 0.1) is 11.6 Å². The summed E-state index contributed by atoms with van der Waals surface area (Å²) >= 11 is 3.69. The van der Waals surface area contributed by atoms with Crippen molar-refractivity contribution in [2.24, 2.45) is 10.8 Å². The third-order valence-corrected chi connectivity index (χ3v) is 10.4. The molecule has 7 nitrogen and oxygen atoms in total. The quantitative estimate of drug-likeness (QED) is 0.250. The topological polar surface area (TPSA) is 84.9 Å². The smallest absolute Gasteiger partial charge is 0.262 e. The predicted octanol–water partition coefficient (Wildman–Crippen LogP) is 8.98. The van der Waals surface area contributed by atoms with Gasteiger partial charge in [-0.15, -0.1) is 0 Å². The lowest BCUT2D eigenvalue weighted by molar-refractivity contribution is -0.120. The molecule has 0 unspecified atom stereocenters. The van der Waals surface area contributed by atoms with Gasteiger partial charge >= 0.3 is 0 Å². The Morgan fingerprint density at radius 2 is 1.49 bits per heavy atom. The molecule has 1 heterocycles. The van der Waals surface area contributed by atoms with Crippen molar-refractivity contribution in [3.63, 3.8) is 0 Å². The van der Waals surface area contributed by atoms with E-state index in [2.05, 4.69) is 66.0 Å². The van der Waals surface area contributed by atoms with E-state index >= 15 is 0 Å². The minimum Gasteiger partial charge on any atom is -0.493 e. The first-order valence-electron chi connectivity index (χ1n) is 16.9. The molecule has 1 amide bonds. The van der Waals surface area contributed by atoms with Gasteiger partial charge in [-0.2, -0.15) is 0 Å². The molecule has 3 aromatic rings. The van der Waals surface area contributed by atoms with Gasteiger partial charge in [-0.3, -0.25) is 14.4 Å². The van der Waals surface area contributed by atoms with Crippen LogP contribution in [-0.2, 0) is 20.9 Å². The summed E-state index contributed by atoms with van der Waals surface area (Å²) in [6.45, 7) is 12.9. The minimum absolute atomic E-state index is 0.0667. The molecule has 1 N–H and O–H groups in total. The molecule has 0 fully saturated rings. The second-order valence-corrected chi connectivity index (χ2v) is 16.2. The number of amides is 1. The maximum atomic E-state index is 14.3. The summed E-state index contributed by atoms with van der Waals surface area (Å²) < 4.78 is 12.5. The van der Waals surface area contributed by atoms with Crippen LogP contribution >= 0.6 is 15.9 Å². The van der Waals surface area contributed by atoms with E-state index in [9.17, 15) is 14.4 Å². The Labute approximate surface area is 297 Å². The summed E-state index contributed by atoms with van der Waals surface area (Å²) in [5.74, 6) is 0.0738. The number of methoxy groups -OCH3 is 1. The molecule has 49 heavy (non-hydrogen) atoms. The molecule has 0 aromatic heterocycles. The Bertz CT molecular complexity index is 1850. The van der Waals surface area contributed by atoms with Crippen molar-refractivity contribution >= 4 is 39.1 Å². The molecule has 3 aliphatic rings. The lowest BCUT2D eigenvalue weighted by Gasteiger charge is -2.49. The van der Waals surface area contributed by atoms with Gasteiger partial charge in [0.1, 0.15) is 0 Å². The first-order chi connectivity index (χ1) is 23.2. The zero-order valence-electron chi connectivity index (χ0n) is 29.5. The number of Topliss-reactive ketones (excluding diaryl/α,β-unsaturated/α-hetero) is 2. The van der Waals surface area contributed by atoms with E-state index in [1.807, 2.05) is 62.4 Å². The number of benzene rings is 3. The molecule has 0 atom stereocenters. The average Bonchev–Trinajstić information content (AvgIpc) is 3.02. The molecular formula is C41H45BrN2O5. The number of ether oxygens (including phenoxy) is 2. The van der Waals surface area contributed by atoms with E-state index < -0.39 is 5.92 Å². The number of rotatable bonds is 8. The van der Waals surface area contributed by atoms with Gasteiger partial charge in [-0.25, -0.2) is 0 Å². The van der Waals surface area contributed by atoms with Crippen LogP contribution in [0.5, 0.6) is 11.5 Å². The molecule has 0 radical (unpaired) electrons. The number of halogens is 1. The molecule has 2 aliphatic carbocycles. The first kappa shape index (κ1) is 34.7. The van der Waals surface area contributed by atoms with E-state index in [1.165, 1.54) is 0 Å². The number of anilines is 1. The SMILES string of the molecule is COc1cc(C2C3=C(CC(C)(C)CC3=O)N(Cc3ccccc3)C3=C2C(=O)CC(C)(C)C3)cc(Br)c1OCC(=O)Nc1cc(C)ccc1C. The van der Waals surface area contributed by atoms with Crippen LogP contribution in [0.1, 0.15) is 81.5 Å². The van der Waals surface area contributed by atoms with Crippen LogP contribution in [0.3, 0.4) is 0 Å². The molecule has 0 saturated heterocycles. The van der Waals surface area contributed by atoms with E-state index in [0.717, 1.165) is 52.2 Å². The molecule has 3 aromatic carbocycles. The van der Waals surface area contributed by atoms with Gasteiger partial charge < -0.3 is 19.7 Å². The van der Waals surface area contributed by atoms with Crippen LogP contribution in [0.15, 0.2) is 87.7 Å². The highest BCUT2D eigenvalue weighted by Gasteiger charge is 2.49. The van der Waals surface area contributed by atoms with Crippen molar-refractivity contribution < 1.29 is 23.9 Å². The molecule has 6 rings (SSSR count). The maximum Gasteiger partial charge on any atom is 0.262 e. The van der Waals surface area contributed by atoms with Crippen LogP contribution < -0.4 is 14.8 Å². The fourth-order valence-electron chi connectivity index (χ4n) is 7.58. The largest absolute Gasteiger partial charge is 0.493 e. The minimum atomic E-state index is -0.545. The van der Waals surface area contributed by atoms with Crippen molar-refractivity contribution in [3.05, 3.63) is 110 Å². The van der Waals surface area contributed by atoms with Gasteiger partial charge in [-0.05, 0) is 93.9 Å². The van der Waals surface area contributed by atoms with Crippen LogP contribution in [-0.4, -0.2) is 36.1 Å². The van der Waals surface area contributed by atoms with Gasteiger partial charge in [0.2, 0.25) is 0 Å². The number of nitrogens with zero attached hydrogens (tertiary/aromatic N) is 1. The van der Waals surface area contributed by atoms with Crippen LogP contribution in [0.2, 0.25) is 0 Å². The zero-order valence-corrected chi connectivity index (χ0v) is 31.0. The van der Waals surface area contributed by atoms with E-state index in [1.54, 1.807) is 7.11 Å². The summed E-state index contributed by atoms with van der Waals surface area (Å²) in [6, 6.07) is 19.9. The number of carbonyl (C=O) groups excluding carboxylic acids is 3. The van der Waals surface area contributed by atoms with Crippen molar-refractivity contribution in [3.8, 4) is 11.5 Å². The maximum absolute atomic E-state index is 14.3. The Morgan fingerprint density at radius 3 is 2.08 bits per heavy atom. The molecule has 0 bridgehead atoms. The fraction of sp³-hybridized carbons (Fsp3) is 0.390. The Kier molecular flexibility index (Phi) is 9.40. The molecule has 256 valence electrons. The van der Waals surface area contributed by atoms with Crippen LogP contribution in [0.4, 0.5) is 5.69 Å². The third-order valence-electron chi connectivity index (χ3n) is 9.81. The number of nitrogens with one attached hydrogen (secondary N) is 1. The summed E-state index contributed by atoms with van der Waals surface area (Å²) in [4.78, 5) is 43.8. The van der Waals surface area contributed by atoms with Gasteiger partial charge in [0, 0.05) is 53.5 Å². The van der Waals surface area contributed by atoms with E-state index in [4.69, 9.17) is 9.47 Å². The molecule has 0 spiro atoms. The van der Waals surface area contributed by atoms with Crippen molar-refractivity contribution in [2.45, 2.75) is 79.7 Å². The lowest BCUT2D eigenvalue weighted by atomic mass is 9.63. The Balaban J connectivity index is 1.42. The molecule has 8 heteroatoms. The fourth-order valence-corrected chi connectivity index (χ4v) is 8.15. The van der Waals surface area contributed by atoms with Crippen molar-refractivity contribution in [1.29, 1.82) is 0 Å². The number of allylic oxidation sites excluding steroid dienone is 4. The monoisotopic (exact) mass is 724 g/mol. The number of hydrogen-bond donors (Lipinski definition) is 1.